The number of rotatable bonds is 5. The van der Waals surface area contributed by atoms with Crippen LogP contribution in [0.5, 0.6) is 0 Å². The van der Waals surface area contributed by atoms with E-state index in [-0.39, 0.29) is 0 Å². The number of likely N-dealkylation sites (N-methyl/N-ethyl adjacent to an activating group) is 1. The maximum Gasteiger partial charge on any atom is 0.0951 e. The molecule has 0 amide bonds. The van der Waals surface area contributed by atoms with Crippen LogP contribution in [0.1, 0.15) is 31.5 Å². The summed E-state index contributed by atoms with van der Waals surface area (Å²) >= 11 is 0. The van der Waals surface area contributed by atoms with Gasteiger partial charge in [-0.2, -0.15) is 0 Å². The Bertz CT molecular complexity index is 352. The van der Waals surface area contributed by atoms with Gasteiger partial charge in [0, 0.05) is 43.5 Å². The third-order valence-electron chi connectivity index (χ3n) is 3.57. The van der Waals surface area contributed by atoms with Gasteiger partial charge in [-0.15, -0.1) is 0 Å². The molecule has 1 saturated heterocycles. The van der Waals surface area contributed by atoms with Crippen molar-refractivity contribution >= 4 is 0 Å². The lowest BCUT2D eigenvalue weighted by molar-refractivity contribution is 0.258. The summed E-state index contributed by atoms with van der Waals surface area (Å²) in [6.45, 7) is 7.84. The van der Waals surface area contributed by atoms with Gasteiger partial charge in [0.25, 0.3) is 0 Å². The van der Waals surface area contributed by atoms with Gasteiger partial charge >= 0.3 is 0 Å². The van der Waals surface area contributed by atoms with Crippen molar-refractivity contribution in [1.29, 1.82) is 0 Å². The van der Waals surface area contributed by atoms with Crippen molar-refractivity contribution in [2.75, 3.05) is 33.7 Å². The number of hydrogen-bond donors (Lipinski definition) is 1. The smallest absolute Gasteiger partial charge is 0.0951 e. The second-order valence-electron chi connectivity index (χ2n) is 5.65. The molecule has 0 saturated carbocycles. The number of nitrogens with zero attached hydrogens (tertiary/aromatic N) is 3. The highest BCUT2D eigenvalue weighted by molar-refractivity contribution is 5.13. The number of imidazole rings is 1. The summed E-state index contributed by atoms with van der Waals surface area (Å²) in [5.41, 5.74) is 1.39. The van der Waals surface area contributed by atoms with Crippen molar-refractivity contribution in [2.45, 2.75) is 25.8 Å². The normalized spacial score (nSPS) is 18.7. The molecule has 1 unspecified atom stereocenters. The second-order valence-corrected chi connectivity index (χ2v) is 5.65. The molecule has 4 nitrogen and oxygen atoms in total. The lowest BCUT2D eigenvalue weighted by Gasteiger charge is -2.33. The van der Waals surface area contributed by atoms with Crippen molar-refractivity contribution in [3.8, 4) is 0 Å². The second kappa shape index (κ2) is 5.19. The van der Waals surface area contributed by atoms with E-state index in [1.54, 1.807) is 0 Å². The van der Waals surface area contributed by atoms with E-state index in [1.807, 2.05) is 12.5 Å². The molecule has 1 aromatic heterocycles. The summed E-state index contributed by atoms with van der Waals surface area (Å²) in [7, 11) is 4.27. The first kappa shape index (κ1) is 12.6. The van der Waals surface area contributed by atoms with Gasteiger partial charge in [0.1, 0.15) is 0 Å². The standard InChI is InChI=1S/C13H24N4/c1-10(2)13(8-16(3)4)17-9-15-7-12(17)11-5-14-6-11/h7,9-11,13-14H,5-6,8H2,1-4H3. The molecule has 96 valence electrons. The fourth-order valence-electron chi connectivity index (χ4n) is 2.40. The SMILES string of the molecule is CC(C)C(CN(C)C)n1cncc1C1CNC1. The molecule has 1 N–H and O–H groups in total. The highest BCUT2D eigenvalue weighted by Gasteiger charge is 2.26. The van der Waals surface area contributed by atoms with Crippen LogP contribution in [0.25, 0.3) is 0 Å². The van der Waals surface area contributed by atoms with E-state index in [9.17, 15) is 0 Å². The minimum atomic E-state index is 0.517. The Morgan fingerprint density at radius 2 is 2.18 bits per heavy atom. The van der Waals surface area contributed by atoms with E-state index >= 15 is 0 Å². The van der Waals surface area contributed by atoms with Crippen molar-refractivity contribution < 1.29 is 0 Å². The number of hydrogen-bond acceptors (Lipinski definition) is 3. The molecule has 0 bridgehead atoms. The van der Waals surface area contributed by atoms with Crippen LogP contribution in [-0.4, -0.2) is 48.2 Å². The number of aromatic nitrogens is 2. The van der Waals surface area contributed by atoms with Crippen molar-refractivity contribution in [1.82, 2.24) is 19.8 Å². The van der Waals surface area contributed by atoms with Crippen LogP contribution in [0.2, 0.25) is 0 Å². The molecule has 1 aliphatic heterocycles. The minimum Gasteiger partial charge on any atom is -0.330 e. The van der Waals surface area contributed by atoms with Gasteiger partial charge in [-0.25, -0.2) is 4.98 Å². The van der Waals surface area contributed by atoms with Gasteiger partial charge in [0.15, 0.2) is 0 Å². The molecule has 4 heteroatoms. The fraction of sp³-hybridized carbons (Fsp3) is 0.769. The predicted octanol–water partition coefficient (Wildman–Crippen LogP) is 1.33. The van der Waals surface area contributed by atoms with Crippen LogP contribution in [0.15, 0.2) is 12.5 Å². The molecule has 17 heavy (non-hydrogen) atoms. The minimum absolute atomic E-state index is 0.517. The molecule has 0 radical (unpaired) electrons. The van der Waals surface area contributed by atoms with E-state index in [4.69, 9.17) is 0 Å². The van der Waals surface area contributed by atoms with Gasteiger partial charge in [-0.05, 0) is 20.0 Å². The average Bonchev–Trinajstić information content (AvgIpc) is 2.59. The van der Waals surface area contributed by atoms with Crippen LogP contribution in [0.4, 0.5) is 0 Å². The van der Waals surface area contributed by atoms with Gasteiger partial charge in [0.2, 0.25) is 0 Å². The fourth-order valence-corrected chi connectivity index (χ4v) is 2.40. The van der Waals surface area contributed by atoms with Gasteiger partial charge in [-0.3, -0.25) is 0 Å². The maximum absolute atomic E-state index is 4.35. The Hall–Kier alpha value is -0.870. The zero-order valence-electron chi connectivity index (χ0n) is 11.3. The van der Waals surface area contributed by atoms with E-state index in [0.717, 1.165) is 19.6 Å². The molecule has 0 aromatic carbocycles. The Morgan fingerprint density at radius 1 is 1.47 bits per heavy atom. The Balaban J connectivity index is 2.19. The summed E-state index contributed by atoms with van der Waals surface area (Å²) in [6, 6.07) is 0.517. The van der Waals surface area contributed by atoms with Crippen molar-refractivity contribution in [3.05, 3.63) is 18.2 Å². The van der Waals surface area contributed by atoms with Crippen LogP contribution in [0.3, 0.4) is 0 Å². The highest BCUT2D eigenvalue weighted by Crippen LogP contribution is 2.26. The lowest BCUT2D eigenvalue weighted by Crippen LogP contribution is -2.42. The van der Waals surface area contributed by atoms with E-state index < -0.39 is 0 Å². The van der Waals surface area contributed by atoms with Crippen LogP contribution in [0, 0.1) is 5.92 Å². The van der Waals surface area contributed by atoms with E-state index in [1.165, 1.54) is 5.69 Å². The van der Waals surface area contributed by atoms with Gasteiger partial charge < -0.3 is 14.8 Å². The average molecular weight is 236 g/mol. The van der Waals surface area contributed by atoms with E-state index in [0.29, 0.717) is 17.9 Å². The molecule has 2 heterocycles. The highest BCUT2D eigenvalue weighted by atomic mass is 15.2. The lowest BCUT2D eigenvalue weighted by atomic mass is 9.97. The Labute approximate surface area is 104 Å². The molecular formula is C13H24N4. The zero-order valence-corrected chi connectivity index (χ0v) is 11.3. The van der Waals surface area contributed by atoms with Gasteiger partial charge in [-0.1, -0.05) is 13.8 Å². The largest absolute Gasteiger partial charge is 0.330 e. The first-order valence-corrected chi connectivity index (χ1v) is 6.46. The summed E-state index contributed by atoms with van der Waals surface area (Å²) < 4.78 is 2.39. The molecule has 2 rings (SSSR count). The maximum atomic E-state index is 4.35. The first-order valence-electron chi connectivity index (χ1n) is 6.46. The zero-order chi connectivity index (χ0) is 12.4. The summed E-state index contributed by atoms with van der Waals surface area (Å²) in [6.07, 6.45) is 4.04. The van der Waals surface area contributed by atoms with Crippen molar-refractivity contribution in [2.24, 2.45) is 5.92 Å². The monoisotopic (exact) mass is 236 g/mol. The molecule has 1 aliphatic rings. The third kappa shape index (κ3) is 2.69. The van der Waals surface area contributed by atoms with Crippen molar-refractivity contribution in [3.63, 3.8) is 0 Å². The van der Waals surface area contributed by atoms with Crippen LogP contribution < -0.4 is 5.32 Å². The quantitative estimate of drug-likeness (QED) is 0.837. The molecule has 0 spiro atoms. The number of nitrogens with one attached hydrogen (secondary N) is 1. The first-order chi connectivity index (χ1) is 8.09. The van der Waals surface area contributed by atoms with Crippen LogP contribution in [-0.2, 0) is 0 Å². The van der Waals surface area contributed by atoms with Gasteiger partial charge in [0.05, 0.1) is 6.33 Å². The Kier molecular flexibility index (Phi) is 3.84. The summed E-state index contributed by atoms with van der Waals surface area (Å²) in [4.78, 5) is 6.61. The topological polar surface area (TPSA) is 33.1 Å². The summed E-state index contributed by atoms with van der Waals surface area (Å²) in [5.74, 6) is 1.28. The molecule has 1 fully saturated rings. The molecule has 1 aromatic rings. The third-order valence-corrected chi connectivity index (χ3v) is 3.57. The summed E-state index contributed by atoms with van der Waals surface area (Å²) in [5, 5.41) is 3.33. The molecule has 0 aliphatic carbocycles. The van der Waals surface area contributed by atoms with E-state index in [2.05, 4.69) is 47.7 Å². The molecule has 1 atom stereocenters. The Morgan fingerprint density at radius 3 is 2.65 bits per heavy atom. The molecular weight excluding hydrogens is 212 g/mol. The van der Waals surface area contributed by atoms with Crippen LogP contribution >= 0.6 is 0 Å². The predicted molar refractivity (Wildman–Crippen MR) is 70.3 cm³/mol.